The Kier molecular flexibility index (Phi) is 4.75. The summed E-state index contributed by atoms with van der Waals surface area (Å²) in [5.74, 6) is 0.981. The van der Waals surface area contributed by atoms with Crippen molar-refractivity contribution in [3.8, 4) is 11.1 Å². The zero-order valence-corrected chi connectivity index (χ0v) is 18.1. The van der Waals surface area contributed by atoms with Gasteiger partial charge in [0, 0.05) is 12.6 Å². The topological polar surface area (TPSA) is 66.5 Å². The first-order chi connectivity index (χ1) is 14.3. The summed E-state index contributed by atoms with van der Waals surface area (Å²) in [5.41, 5.74) is 3.27. The number of carbonyl (C=O) groups is 1. The van der Waals surface area contributed by atoms with Crippen LogP contribution in [0, 0.1) is 11.3 Å². The van der Waals surface area contributed by atoms with E-state index >= 15 is 0 Å². The minimum atomic E-state index is -3.34. The summed E-state index contributed by atoms with van der Waals surface area (Å²) in [6.45, 7) is 0.626. The molecule has 2 aromatic carbocycles. The normalized spacial score (nSPS) is 29.9. The molecule has 0 radical (unpaired) electrons. The number of rotatable bonds is 6. The molecule has 2 atom stereocenters. The van der Waals surface area contributed by atoms with Crippen molar-refractivity contribution in [1.82, 2.24) is 9.62 Å². The van der Waals surface area contributed by atoms with E-state index in [0.29, 0.717) is 19.4 Å². The molecule has 30 heavy (non-hydrogen) atoms. The van der Waals surface area contributed by atoms with Crippen LogP contribution >= 0.6 is 0 Å². The van der Waals surface area contributed by atoms with E-state index in [4.69, 9.17) is 0 Å². The molecule has 2 bridgehead atoms. The van der Waals surface area contributed by atoms with Gasteiger partial charge < -0.3 is 4.90 Å². The Labute approximate surface area is 178 Å². The second-order valence-electron chi connectivity index (χ2n) is 9.38. The maximum Gasteiger partial charge on any atom is 0.229 e. The van der Waals surface area contributed by atoms with E-state index in [-0.39, 0.29) is 23.4 Å². The molecule has 2 aromatic rings. The Morgan fingerprint density at radius 1 is 1.07 bits per heavy atom. The van der Waals surface area contributed by atoms with Crippen LogP contribution in [0.15, 0.2) is 54.6 Å². The predicted molar refractivity (Wildman–Crippen MR) is 117 cm³/mol. The molecule has 1 N–H and O–H groups in total. The second-order valence-corrected chi connectivity index (χ2v) is 11.2. The molecule has 158 valence electrons. The van der Waals surface area contributed by atoms with E-state index in [1.165, 1.54) is 6.26 Å². The largest absolute Gasteiger partial charge is 0.337 e. The van der Waals surface area contributed by atoms with Crippen LogP contribution in [0.4, 0.5) is 0 Å². The predicted octanol–water partition coefficient (Wildman–Crippen LogP) is 3.21. The van der Waals surface area contributed by atoms with Crippen molar-refractivity contribution in [3.63, 3.8) is 0 Å². The quantitative estimate of drug-likeness (QED) is 0.774. The zero-order valence-electron chi connectivity index (χ0n) is 17.3. The van der Waals surface area contributed by atoms with Crippen molar-refractivity contribution in [1.29, 1.82) is 0 Å². The van der Waals surface area contributed by atoms with Gasteiger partial charge in [-0.2, -0.15) is 0 Å². The highest BCUT2D eigenvalue weighted by molar-refractivity contribution is 7.88. The summed E-state index contributed by atoms with van der Waals surface area (Å²) < 4.78 is 26.7. The van der Waals surface area contributed by atoms with Crippen molar-refractivity contribution in [2.75, 3.05) is 12.8 Å². The molecule has 6 rings (SSSR count). The Bertz CT molecular complexity index is 1050. The summed E-state index contributed by atoms with van der Waals surface area (Å²) in [4.78, 5) is 15.3. The van der Waals surface area contributed by atoms with Crippen LogP contribution in [0.1, 0.15) is 31.2 Å². The molecule has 0 unspecified atom stereocenters. The van der Waals surface area contributed by atoms with E-state index in [9.17, 15) is 13.2 Å². The Morgan fingerprint density at radius 2 is 1.77 bits per heavy atom. The van der Waals surface area contributed by atoms with Crippen LogP contribution in [0.25, 0.3) is 11.1 Å². The van der Waals surface area contributed by atoms with Gasteiger partial charge in [-0.1, -0.05) is 54.6 Å². The molecule has 1 saturated heterocycles. The fourth-order valence-electron chi connectivity index (χ4n) is 5.57. The highest BCUT2D eigenvalue weighted by Crippen LogP contribution is 2.65. The number of hydrogen-bond donors (Lipinski definition) is 1. The summed E-state index contributed by atoms with van der Waals surface area (Å²) >= 11 is 0. The van der Waals surface area contributed by atoms with Gasteiger partial charge in [0.05, 0.1) is 17.7 Å². The average molecular weight is 425 g/mol. The molecule has 4 aliphatic rings. The van der Waals surface area contributed by atoms with Gasteiger partial charge in [-0.25, -0.2) is 13.1 Å². The first kappa shape index (κ1) is 19.8. The van der Waals surface area contributed by atoms with Gasteiger partial charge in [0.2, 0.25) is 15.9 Å². The molecule has 3 aliphatic carbocycles. The number of benzene rings is 2. The molecule has 0 spiro atoms. The van der Waals surface area contributed by atoms with Gasteiger partial charge in [0.15, 0.2) is 0 Å². The lowest BCUT2D eigenvalue weighted by Crippen LogP contribution is -2.62. The highest BCUT2D eigenvalue weighted by atomic mass is 32.2. The van der Waals surface area contributed by atoms with Gasteiger partial charge in [-0.15, -0.1) is 0 Å². The smallest absolute Gasteiger partial charge is 0.229 e. The molecule has 3 saturated carbocycles. The minimum Gasteiger partial charge on any atom is -0.337 e. The summed E-state index contributed by atoms with van der Waals surface area (Å²) in [5, 5.41) is 0. The minimum absolute atomic E-state index is 0.144. The molecule has 4 fully saturated rings. The second kappa shape index (κ2) is 7.20. The lowest BCUT2D eigenvalue weighted by Gasteiger charge is -2.61. The molecule has 1 aliphatic heterocycles. The lowest BCUT2D eigenvalue weighted by molar-refractivity contribution is -0.177. The van der Waals surface area contributed by atoms with E-state index in [1.54, 1.807) is 0 Å². The van der Waals surface area contributed by atoms with Gasteiger partial charge in [-0.05, 0) is 54.7 Å². The lowest BCUT2D eigenvalue weighted by atomic mass is 9.44. The number of nitrogens with zero attached hydrogens (tertiary/aromatic N) is 1. The van der Waals surface area contributed by atoms with Gasteiger partial charge in [0.1, 0.15) is 0 Å². The molecule has 0 aromatic heterocycles. The number of likely N-dealkylation sites (tertiary alicyclic amines) is 1. The van der Waals surface area contributed by atoms with Crippen molar-refractivity contribution < 1.29 is 13.2 Å². The Balaban J connectivity index is 1.41. The molecular weight excluding hydrogens is 396 g/mol. The fourth-order valence-corrected chi connectivity index (χ4v) is 6.39. The van der Waals surface area contributed by atoms with Crippen LogP contribution in [0.5, 0.6) is 0 Å². The molecule has 1 heterocycles. The maximum atomic E-state index is 13.3. The van der Waals surface area contributed by atoms with E-state index < -0.39 is 10.0 Å². The van der Waals surface area contributed by atoms with Crippen LogP contribution in [0.3, 0.4) is 0 Å². The van der Waals surface area contributed by atoms with Gasteiger partial charge in [0.25, 0.3) is 0 Å². The monoisotopic (exact) mass is 424 g/mol. The van der Waals surface area contributed by atoms with E-state index in [1.807, 2.05) is 29.2 Å². The first-order valence-electron chi connectivity index (χ1n) is 10.8. The third-order valence-electron chi connectivity index (χ3n) is 7.14. The third kappa shape index (κ3) is 3.56. The Hall–Kier alpha value is -2.18. The number of amides is 1. The summed E-state index contributed by atoms with van der Waals surface area (Å²) in [6.07, 6.45) is 5.57. The van der Waals surface area contributed by atoms with Crippen LogP contribution in [-0.2, 0) is 21.2 Å². The fraction of sp³-hybridized carbons (Fsp3) is 0.458. The number of nitrogens with one attached hydrogen (secondary N) is 1. The maximum absolute atomic E-state index is 13.3. The molecular formula is C24H28N2O3S. The number of sulfonamides is 1. The summed E-state index contributed by atoms with van der Waals surface area (Å²) in [7, 11) is -3.34. The van der Waals surface area contributed by atoms with Crippen molar-refractivity contribution in [2.24, 2.45) is 11.3 Å². The molecule has 5 nitrogen and oxygen atoms in total. The summed E-state index contributed by atoms with van der Waals surface area (Å²) in [6, 6.07) is 18.2. The highest BCUT2D eigenvalue weighted by Gasteiger charge is 2.63. The Morgan fingerprint density at radius 3 is 2.40 bits per heavy atom. The average Bonchev–Trinajstić information content (AvgIpc) is 3.01. The molecule has 1 amide bonds. The van der Waals surface area contributed by atoms with Crippen LogP contribution < -0.4 is 4.72 Å². The third-order valence-corrected chi connectivity index (χ3v) is 7.87. The van der Waals surface area contributed by atoms with E-state index in [2.05, 4.69) is 35.1 Å². The number of hydrogen-bond acceptors (Lipinski definition) is 3. The first-order valence-corrected chi connectivity index (χ1v) is 12.6. The van der Waals surface area contributed by atoms with Gasteiger partial charge in [-0.3, -0.25) is 4.79 Å². The SMILES string of the molecule is CS(=O)(=O)N[C@@H]1CCN(C(=O)C23CC(C2)C3)[C@@H]1Cc1cccc(-c2ccccc2)c1. The van der Waals surface area contributed by atoms with Crippen molar-refractivity contribution >= 4 is 15.9 Å². The number of carbonyl (C=O) groups excluding carboxylic acids is 1. The standard InChI is InChI=1S/C24H28N2O3S/c1-30(28,29)25-21-10-11-26(23(27)24-14-18(15-24)16-24)22(21)13-17-6-5-9-20(12-17)19-7-3-2-4-8-19/h2-9,12,18,21-22,25H,10-11,13-16H2,1H3/t18?,21-,22-,24?/m1/s1. The van der Waals surface area contributed by atoms with Crippen LogP contribution in [0.2, 0.25) is 0 Å². The van der Waals surface area contributed by atoms with Crippen molar-refractivity contribution in [3.05, 3.63) is 60.2 Å². The van der Waals surface area contributed by atoms with Crippen LogP contribution in [-0.4, -0.2) is 44.1 Å². The van der Waals surface area contributed by atoms with Gasteiger partial charge >= 0.3 is 0 Å². The van der Waals surface area contributed by atoms with E-state index in [0.717, 1.165) is 41.9 Å². The molecule has 6 heteroatoms. The zero-order chi connectivity index (χ0) is 20.9. The van der Waals surface area contributed by atoms with Crippen molar-refractivity contribution in [2.45, 2.75) is 44.2 Å².